The lowest BCUT2D eigenvalue weighted by molar-refractivity contribution is 0.0702. The van der Waals surface area contributed by atoms with Crippen molar-refractivity contribution < 1.29 is 23.8 Å². The smallest absolute Gasteiger partial charge is 0.345 e. The summed E-state index contributed by atoms with van der Waals surface area (Å²) in [6, 6.07) is 17.0. The number of aromatic carboxylic acids is 1. The molecule has 0 saturated carbocycles. The van der Waals surface area contributed by atoms with E-state index in [9.17, 15) is 20.4 Å². The van der Waals surface area contributed by atoms with Crippen molar-refractivity contribution in [1.29, 1.82) is 10.5 Å². The third kappa shape index (κ3) is 5.02. The van der Waals surface area contributed by atoms with Crippen LogP contribution in [0.2, 0.25) is 0 Å². The minimum Gasteiger partial charge on any atom is -0.477 e. The molecule has 1 N–H and O–H groups in total. The Morgan fingerprint density at radius 3 is 2.54 bits per heavy atom. The van der Waals surface area contributed by atoms with E-state index in [1.807, 2.05) is 36.4 Å². The molecule has 37 heavy (non-hydrogen) atoms. The monoisotopic (exact) mass is 512 g/mol. The molecule has 5 rings (SSSR count). The van der Waals surface area contributed by atoms with E-state index in [1.54, 1.807) is 6.07 Å². The summed E-state index contributed by atoms with van der Waals surface area (Å²) in [5.41, 5.74) is 4.22. The maximum atomic E-state index is 11.3. The van der Waals surface area contributed by atoms with Crippen LogP contribution in [0.15, 0.2) is 59.4 Å². The fraction of sp³-hybridized carbons (Fsp3) is 0.185. The number of carbonyl (C=O) groups is 1. The van der Waals surface area contributed by atoms with Gasteiger partial charge in [0.05, 0.1) is 41.9 Å². The topological polar surface area (TPSA) is 133 Å². The Morgan fingerprint density at radius 2 is 1.89 bits per heavy atom. The van der Waals surface area contributed by atoms with Gasteiger partial charge in [-0.3, -0.25) is 0 Å². The maximum absolute atomic E-state index is 11.3. The molecular weight excluding hydrogens is 492 g/mol. The molecule has 0 aliphatic carbocycles. The molecule has 184 valence electrons. The van der Waals surface area contributed by atoms with Crippen LogP contribution < -0.4 is 9.64 Å². The number of hydrogen-bond acceptors (Lipinski definition) is 9. The summed E-state index contributed by atoms with van der Waals surface area (Å²) in [6.07, 6.45) is 3.06. The zero-order chi connectivity index (χ0) is 25.8. The zero-order valence-corrected chi connectivity index (χ0v) is 20.3. The Labute approximate surface area is 216 Å². The first kappa shape index (κ1) is 24.1. The average molecular weight is 513 g/mol. The third-order valence-corrected chi connectivity index (χ3v) is 7.05. The van der Waals surface area contributed by atoms with Gasteiger partial charge in [0.25, 0.3) is 0 Å². The Balaban J connectivity index is 1.51. The molecule has 9 nitrogen and oxygen atoms in total. The van der Waals surface area contributed by atoms with Gasteiger partial charge in [-0.15, -0.1) is 11.3 Å². The number of nitriles is 2. The van der Waals surface area contributed by atoms with Gasteiger partial charge in [0.15, 0.2) is 0 Å². The number of pyridine rings is 1. The van der Waals surface area contributed by atoms with Crippen LogP contribution in [-0.2, 0) is 11.3 Å². The highest BCUT2D eigenvalue weighted by atomic mass is 32.1. The summed E-state index contributed by atoms with van der Waals surface area (Å²) in [5.74, 6) is -1.03. The highest BCUT2D eigenvalue weighted by Crippen LogP contribution is 2.35. The zero-order valence-electron chi connectivity index (χ0n) is 19.5. The molecule has 3 aromatic heterocycles. The maximum Gasteiger partial charge on any atom is 0.345 e. The van der Waals surface area contributed by atoms with Crippen molar-refractivity contribution in [2.24, 2.45) is 0 Å². The number of furan rings is 1. The Morgan fingerprint density at radius 1 is 1.11 bits per heavy atom. The van der Waals surface area contributed by atoms with E-state index in [0.717, 1.165) is 35.7 Å². The number of rotatable bonds is 7. The summed E-state index contributed by atoms with van der Waals surface area (Å²) in [4.78, 5) is 18.7. The van der Waals surface area contributed by atoms with E-state index < -0.39 is 5.97 Å². The van der Waals surface area contributed by atoms with Crippen molar-refractivity contribution in [3.8, 4) is 40.4 Å². The number of hydrogen-bond donors (Lipinski definition) is 1. The Kier molecular flexibility index (Phi) is 6.86. The van der Waals surface area contributed by atoms with Crippen LogP contribution in [0.1, 0.15) is 25.7 Å². The number of morpholine rings is 1. The molecule has 10 heteroatoms. The van der Waals surface area contributed by atoms with Gasteiger partial charge in [-0.1, -0.05) is 12.1 Å². The third-order valence-electron chi connectivity index (χ3n) is 5.95. The molecule has 1 aliphatic heterocycles. The molecule has 1 aliphatic rings. The van der Waals surface area contributed by atoms with Gasteiger partial charge in [-0.05, 0) is 30.3 Å². The predicted molar refractivity (Wildman–Crippen MR) is 135 cm³/mol. The quantitative estimate of drug-likeness (QED) is 0.366. The fourth-order valence-electron chi connectivity index (χ4n) is 4.06. The highest BCUT2D eigenvalue weighted by molar-refractivity contribution is 7.14. The lowest BCUT2D eigenvalue weighted by atomic mass is 10.0. The normalized spacial score (nSPS) is 13.1. The molecule has 4 heterocycles. The van der Waals surface area contributed by atoms with Gasteiger partial charge < -0.3 is 23.9 Å². The van der Waals surface area contributed by atoms with E-state index in [1.165, 1.54) is 18.6 Å². The molecule has 0 atom stereocenters. The van der Waals surface area contributed by atoms with Crippen molar-refractivity contribution in [3.05, 3.63) is 75.9 Å². The van der Waals surface area contributed by atoms with Crippen molar-refractivity contribution in [2.45, 2.75) is 6.61 Å². The van der Waals surface area contributed by atoms with Gasteiger partial charge in [-0.25, -0.2) is 9.78 Å². The van der Waals surface area contributed by atoms with Crippen LogP contribution in [0.3, 0.4) is 0 Å². The first-order chi connectivity index (χ1) is 18.1. The lowest BCUT2D eigenvalue weighted by Gasteiger charge is -2.28. The van der Waals surface area contributed by atoms with Gasteiger partial charge in [-0.2, -0.15) is 10.5 Å². The molecule has 0 radical (unpaired) electrons. The number of carboxylic acids is 1. The van der Waals surface area contributed by atoms with Crippen molar-refractivity contribution in [2.75, 3.05) is 31.2 Å². The fourth-order valence-corrected chi connectivity index (χ4v) is 4.92. The van der Waals surface area contributed by atoms with E-state index in [4.69, 9.17) is 13.9 Å². The molecular formula is C27H20N4O5S. The highest BCUT2D eigenvalue weighted by Gasteiger charge is 2.20. The molecule has 0 bridgehead atoms. The number of nitrogens with zero attached hydrogens (tertiary/aromatic N) is 4. The Hall–Kier alpha value is -4.64. The molecule has 4 aromatic rings. The lowest BCUT2D eigenvalue weighted by Crippen LogP contribution is -2.36. The molecule has 0 amide bonds. The van der Waals surface area contributed by atoms with Crippen LogP contribution in [0.25, 0.3) is 22.4 Å². The van der Waals surface area contributed by atoms with E-state index in [2.05, 4.69) is 16.0 Å². The summed E-state index contributed by atoms with van der Waals surface area (Å²) in [5, 5.41) is 28.7. The van der Waals surface area contributed by atoms with Crippen LogP contribution in [0.4, 0.5) is 5.69 Å². The van der Waals surface area contributed by atoms with Gasteiger partial charge in [0.1, 0.15) is 29.2 Å². The molecule has 1 fully saturated rings. The molecule has 0 spiro atoms. The summed E-state index contributed by atoms with van der Waals surface area (Å²) >= 11 is 0.956. The van der Waals surface area contributed by atoms with Gasteiger partial charge in [0, 0.05) is 35.5 Å². The molecule has 1 saturated heterocycles. The van der Waals surface area contributed by atoms with Crippen molar-refractivity contribution >= 4 is 23.0 Å². The van der Waals surface area contributed by atoms with Crippen LogP contribution in [0, 0.1) is 22.7 Å². The summed E-state index contributed by atoms with van der Waals surface area (Å²) in [7, 11) is 0. The number of ether oxygens (including phenoxy) is 2. The number of aromatic nitrogens is 1. The van der Waals surface area contributed by atoms with Crippen LogP contribution in [-0.4, -0.2) is 42.4 Å². The standard InChI is InChI=1S/C27H20N4O5S/c28-13-19-11-24(27(32)33)37-25(19)16-36-26-22(14-29)21(18-5-8-35-15-18)12-23(30-26)17-1-3-20(4-2-17)31-6-9-34-10-7-31/h1-5,8,11-12,15H,6-7,9-10,16H2,(H,32,33). The molecule has 0 unspecified atom stereocenters. The minimum absolute atomic E-state index is 0.0387. The number of benzene rings is 1. The number of anilines is 1. The van der Waals surface area contributed by atoms with E-state index >= 15 is 0 Å². The SMILES string of the molecule is N#Cc1cc(C(=O)O)sc1COc1nc(-c2ccc(N3CCOCC3)cc2)cc(-c2ccoc2)c1C#N. The van der Waals surface area contributed by atoms with Gasteiger partial charge >= 0.3 is 5.97 Å². The second-order valence-electron chi connectivity index (χ2n) is 8.16. The van der Waals surface area contributed by atoms with Crippen LogP contribution >= 0.6 is 11.3 Å². The number of thiophene rings is 1. The predicted octanol–water partition coefficient (Wildman–Crippen LogP) is 4.93. The largest absolute Gasteiger partial charge is 0.477 e. The first-order valence-electron chi connectivity index (χ1n) is 11.4. The second kappa shape index (κ2) is 10.5. The average Bonchev–Trinajstić information content (AvgIpc) is 3.62. The summed E-state index contributed by atoms with van der Waals surface area (Å²) < 4.78 is 16.6. The molecule has 1 aromatic carbocycles. The van der Waals surface area contributed by atoms with Crippen molar-refractivity contribution in [3.63, 3.8) is 0 Å². The van der Waals surface area contributed by atoms with Gasteiger partial charge in [0.2, 0.25) is 5.88 Å². The Bertz CT molecular complexity index is 1510. The van der Waals surface area contributed by atoms with E-state index in [0.29, 0.717) is 34.9 Å². The van der Waals surface area contributed by atoms with Crippen molar-refractivity contribution in [1.82, 2.24) is 4.98 Å². The van der Waals surface area contributed by atoms with E-state index in [-0.39, 0.29) is 28.5 Å². The van der Waals surface area contributed by atoms with Crippen LogP contribution in [0.5, 0.6) is 5.88 Å². The second-order valence-corrected chi connectivity index (χ2v) is 9.30. The first-order valence-corrected chi connectivity index (χ1v) is 12.2. The summed E-state index contributed by atoms with van der Waals surface area (Å²) in [6.45, 7) is 2.94. The number of carboxylic acid groups (broad SMARTS) is 1. The minimum atomic E-state index is -1.12.